The largest absolute Gasteiger partial charge is 0.500 e. The fourth-order valence-electron chi connectivity index (χ4n) is 2.37. The van der Waals surface area contributed by atoms with Crippen molar-refractivity contribution in [3.63, 3.8) is 0 Å². The van der Waals surface area contributed by atoms with E-state index < -0.39 is 8.80 Å². The summed E-state index contributed by atoms with van der Waals surface area (Å²) in [6.07, 6.45) is 2.24. The van der Waals surface area contributed by atoms with Crippen LogP contribution in [0.25, 0.3) is 0 Å². The maximum Gasteiger partial charge on any atom is 0.500 e. The van der Waals surface area contributed by atoms with Crippen LogP contribution in [0.2, 0.25) is 6.04 Å². The van der Waals surface area contributed by atoms with Gasteiger partial charge in [0.2, 0.25) is 0 Å². The lowest BCUT2D eigenvalue weighted by atomic mass is 10.2. The lowest BCUT2D eigenvalue weighted by Gasteiger charge is -2.28. The highest BCUT2D eigenvalue weighted by Gasteiger charge is 2.39. The van der Waals surface area contributed by atoms with E-state index in [1.54, 1.807) is 12.1 Å². The normalized spacial score (nSPS) is 11.1. The first kappa shape index (κ1) is 23.2. The molecule has 0 saturated heterocycles. The second kappa shape index (κ2) is 12.6. The highest BCUT2D eigenvalue weighted by molar-refractivity contribution is 6.60. The average Bonchev–Trinajstić information content (AvgIpc) is 2.64. The van der Waals surface area contributed by atoms with Gasteiger partial charge in [0.05, 0.1) is 5.56 Å². The lowest BCUT2D eigenvalue weighted by molar-refractivity contribution is 0.0705. The summed E-state index contributed by atoms with van der Waals surface area (Å²) < 4.78 is 17.4. The van der Waals surface area contributed by atoms with Crippen molar-refractivity contribution >= 4 is 26.2 Å². The van der Waals surface area contributed by atoms with Crippen LogP contribution in [0.4, 0.5) is 5.82 Å². The summed E-state index contributed by atoms with van der Waals surface area (Å²) in [5.74, 6) is 0.425. The van der Waals surface area contributed by atoms with Crippen molar-refractivity contribution < 1.29 is 18.1 Å². The summed E-state index contributed by atoms with van der Waals surface area (Å²) >= 11 is 0. The Morgan fingerprint density at radius 1 is 1.11 bits per heavy atom. The summed E-state index contributed by atoms with van der Waals surface area (Å²) in [4.78, 5) is 16.4. The highest BCUT2D eigenvalue weighted by atomic mass is 28.4. The first-order valence-electron chi connectivity index (χ1n) is 9.39. The number of rotatable bonds is 13. The second-order valence-electron chi connectivity index (χ2n) is 5.94. The van der Waals surface area contributed by atoms with Gasteiger partial charge in [0.15, 0.2) is 0 Å². The van der Waals surface area contributed by atoms with Crippen LogP contribution < -0.4 is 10.7 Å². The van der Waals surface area contributed by atoms with Gasteiger partial charge in [-0.1, -0.05) is 0 Å². The van der Waals surface area contributed by atoms with Crippen LogP contribution in [-0.4, -0.2) is 51.8 Å². The summed E-state index contributed by atoms with van der Waals surface area (Å²) in [7, 11) is -2.66. The van der Waals surface area contributed by atoms with Crippen molar-refractivity contribution in [2.75, 3.05) is 31.8 Å². The van der Waals surface area contributed by atoms with Gasteiger partial charge in [-0.3, -0.25) is 10.2 Å². The summed E-state index contributed by atoms with van der Waals surface area (Å²) in [5.41, 5.74) is 4.22. The minimum atomic E-state index is -2.66. The number of nitrogens with one attached hydrogen (secondary N) is 2. The van der Waals surface area contributed by atoms with Crippen LogP contribution >= 0.6 is 0 Å². The fraction of sp³-hybridized carbons (Fsp3) is 0.611. The maximum absolute atomic E-state index is 12.2. The third-order valence-electron chi connectivity index (χ3n) is 3.46. The Balaban J connectivity index is 2.50. The molecule has 0 fully saturated rings. The number of anilines is 1. The van der Waals surface area contributed by atoms with Gasteiger partial charge in [0.25, 0.3) is 5.91 Å². The van der Waals surface area contributed by atoms with Crippen molar-refractivity contribution in [3.05, 3.63) is 23.9 Å². The molecule has 0 aromatic carbocycles. The van der Waals surface area contributed by atoms with Gasteiger partial charge in [0, 0.05) is 44.3 Å². The summed E-state index contributed by atoms with van der Waals surface area (Å²) in [5, 5.41) is 6.97. The number of nitrogens with zero attached hydrogens (tertiary/aromatic N) is 2. The number of hydrogen-bond donors (Lipinski definition) is 2. The van der Waals surface area contributed by atoms with Gasteiger partial charge >= 0.3 is 8.80 Å². The van der Waals surface area contributed by atoms with Crippen molar-refractivity contribution in [1.82, 2.24) is 10.3 Å². The van der Waals surface area contributed by atoms with Crippen LogP contribution in [0.15, 0.2) is 23.4 Å². The molecule has 0 aliphatic carbocycles. The van der Waals surface area contributed by atoms with E-state index in [1.807, 2.05) is 34.6 Å². The monoisotopic (exact) mass is 396 g/mol. The molecule has 1 rings (SSSR count). The van der Waals surface area contributed by atoms with Crippen LogP contribution in [0.5, 0.6) is 0 Å². The lowest BCUT2D eigenvalue weighted by Crippen LogP contribution is -2.46. The third-order valence-corrected chi connectivity index (χ3v) is 6.61. The molecule has 0 radical (unpaired) electrons. The molecule has 1 heterocycles. The number of hydrogen-bond acceptors (Lipinski definition) is 7. The maximum atomic E-state index is 12.2. The SMILES string of the molecule is CCO[Si](CCCNC(=O)c1ccc(NN=C(C)C)nc1)(OCC)OCC. The van der Waals surface area contributed by atoms with Crippen LogP contribution in [0.1, 0.15) is 51.4 Å². The Morgan fingerprint density at radius 2 is 1.74 bits per heavy atom. The first-order valence-corrected chi connectivity index (χ1v) is 11.3. The number of pyridine rings is 1. The Morgan fingerprint density at radius 3 is 2.22 bits per heavy atom. The van der Waals surface area contributed by atoms with Gasteiger partial charge in [0.1, 0.15) is 5.82 Å². The third kappa shape index (κ3) is 8.61. The topological polar surface area (TPSA) is 94.1 Å². The Labute approximate surface area is 163 Å². The zero-order valence-corrected chi connectivity index (χ0v) is 18.0. The molecule has 0 unspecified atom stereocenters. The number of carbonyl (C=O) groups excluding carboxylic acids is 1. The first-order chi connectivity index (χ1) is 13.0. The fourth-order valence-corrected chi connectivity index (χ4v) is 4.99. The van der Waals surface area contributed by atoms with Gasteiger partial charge in [-0.15, -0.1) is 0 Å². The molecule has 8 nitrogen and oxygen atoms in total. The van der Waals surface area contributed by atoms with Crippen LogP contribution in [0.3, 0.4) is 0 Å². The second-order valence-corrected chi connectivity index (χ2v) is 8.68. The Kier molecular flexibility index (Phi) is 10.8. The van der Waals surface area contributed by atoms with E-state index in [0.29, 0.717) is 43.8 Å². The molecule has 0 spiro atoms. The highest BCUT2D eigenvalue weighted by Crippen LogP contribution is 2.17. The van der Waals surface area contributed by atoms with E-state index in [1.165, 1.54) is 6.20 Å². The van der Waals surface area contributed by atoms with Crippen LogP contribution in [-0.2, 0) is 13.3 Å². The van der Waals surface area contributed by atoms with Crippen molar-refractivity contribution in [2.24, 2.45) is 5.10 Å². The van der Waals surface area contributed by atoms with E-state index in [0.717, 1.165) is 12.1 Å². The molecule has 2 N–H and O–H groups in total. The molecule has 1 aromatic heterocycles. The van der Waals surface area contributed by atoms with Crippen LogP contribution in [0, 0.1) is 0 Å². The molecule has 152 valence electrons. The van der Waals surface area contributed by atoms with E-state index >= 15 is 0 Å². The zero-order valence-electron chi connectivity index (χ0n) is 17.0. The predicted molar refractivity (Wildman–Crippen MR) is 109 cm³/mol. The molecule has 9 heteroatoms. The Bertz CT molecular complexity index is 575. The molecule has 27 heavy (non-hydrogen) atoms. The van der Waals surface area contributed by atoms with Gasteiger partial charge in [-0.25, -0.2) is 4.98 Å². The number of carbonyl (C=O) groups is 1. The zero-order chi connectivity index (χ0) is 20.1. The van der Waals surface area contributed by atoms with Crippen molar-refractivity contribution in [3.8, 4) is 0 Å². The van der Waals surface area contributed by atoms with E-state index in [2.05, 4.69) is 20.8 Å². The molecule has 1 amide bonds. The molecular formula is C18H32N4O4Si. The molecule has 0 saturated carbocycles. The van der Waals surface area contributed by atoms with Gasteiger partial charge < -0.3 is 18.6 Å². The Hall–Kier alpha value is -1.81. The molecule has 0 bridgehead atoms. The molecule has 0 aliphatic heterocycles. The standard InChI is InChI=1S/C18H32N4O4Si/c1-6-24-27(25-7-2,26-8-3)13-9-12-19-18(23)16-10-11-17(20-14-16)22-21-15(4)5/h10-11,14H,6-9,12-13H2,1-5H3,(H,19,23)(H,20,22). The van der Waals surface area contributed by atoms with Crippen molar-refractivity contribution in [1.29, 1.82) is 0 Å². The summed E-state index contributed by atoms with van der Waals surface area (Å²) in [6.45, 7) is 11.7. The van der Waals surface area contributed by atoms with Crippen molar-refractivity contribution in [2.45, 2.75) is 47.1 Å². The quantitative estimate of drug-likeness (QED) is 0.230. The minimum absolute atomic E-state index is 0.166. The summed E-state index contributed by atoms with van der Waals surface area (Å²) in [6, 6.07) is 4.10. The molecule has 0 aliphatic rings. The minimum Gasteiger partial charge on any atom is -0.374 e. The molecule has 1 aromatic rings. The van der Waals surface area contributed by atoms with E-state index in [4.69, 9.17) is 13.3 Å². The average molecular weight is 397 g/mol. The van der Waals surface area contributed by atoms with Gasteiger partial charge in [-0.2, -0.15) is 5.10 Å². The van der Waals surface area contributed by atoms with E-state index in [9.17, 15) is 4.79 Å². The molecule has 0 atom stereocenters. The predicted octanol–water partition coefficient (Wildman–Crippen LogP) is 3.06. The smallest absolute Gasteiger partial charge is 0.374 e. The number of aromatic nitrogens is 1. The molecular weight excluding hydrogens is 364 g/mol. The van der Waals surface area contributed by atoms with E-state index in [-0.39, 0.29) is 5.91 Å². The number of hydrazone groups is 1. The van der Waals surface area contributed by atoms with Gasteiger partial charge in [-0.05, 0) is 53.2 Å². The number of amides is 1.